The van der Waals surface area contributed by atoms with Crippen molar-refractivity contribution >= 4 is 30.4 Å². The lowest BCUT2D eigenvalue weighted by Gasteiger charge is -2.22. The molecule has 4 rings (SSSR count). The number of fused-ring (bicyclic) bond motifs is 1. The molecule has 1 amide bonds. The quantitative estimate of drug-likeness (QED) is 0.456. The van der Waals surface area contributed by atoms with Crippen LogP contribution in [0.3, 0.4) is 0 Å². The van der Waals surface area contributed by atoms with Gasteiger partial charge in [0.2, 0.25) is 5.91 Å². The molecule has 0 saturated heterocycles. The predicted molar refractivity (Wildman–Crippen MR) is 113 cm³/mol. The Morgan fingerprint density at radius 2 is 2.34 bits per heavy atom. The van der Waals surface area contributed by atoms with E-state index < -0.39 is 5.92 Å². The highest BCUT2D eigenvalue weighted by atomic mass is 16.2. The van der Waals surface area contributed by atoms with Crippen LogP contribution >= 0.6 is 0 Å². The van der Waals surface area contributed by atoms with Gasteiger partial charge in [-0.05, 0) is 18.9 Å². The van der Waals surface area contributed by atoms with E-state index in [0.29, 0.717) is 18.9 Å². The van der Waals surface area contributed by atoms with Crippen molar-refractivity contribution in [2.45, 2.75) is 37.9 Å². The van der Waals surface area contributed by atoms with Gasteiger partial charge >= 0.3 is 0 Å². The number of rotatable bonds is 8. The zero-order valence-electron chi connectivity index (χ0n) is 16.4. The number of aliphatic imine (C=N–C) groups is 1. The molecule has 152 valence electrons. The second kappa shape index (κ2) is 7.75. The zero-order valence-corrected chi connectivity index (χ0v) is 16.4. The Hall–Kier alpha value is -3.07. The normalized spacial score (nSPS) is 24.7. The lowest BCUT2D eigenvalue weighted by Crippen LogP contribution is -2.36. The Balaban J connectivity index is 1.51. The van der Waals surface area contributed by atoms with Crippen LogP contribution in [0, 0.1) is 17.2 Å². The van der Waals surface area contributed by atoms with Crippen molar-refractivity contribution in [1.82, 2.24) is 14.8 Å². The van der Waals surface area contributed by atoms with E-state index in [2.05, 4.69) is 22.3 Å². The molecule has 0 aromatic carbocycles. The maximum absolute atomic E-state index is 12.9. The molecule has 3 heterocycles. The molecule has 0 spiro atoms. The highest BCUT2D eigenvalue weighted by Crippen LogP contribution is 2.47. The van der Waals surface area contributed by atoms with Gasteiger partial charge in [0, 0.05) is 48.8 Å². The molecule has 1 aromatic rings. The van der Waals surface area contributed by atoms with Gasteiger partial charge in [0.05, 0.1) is 12.2 Å². The third kappa shape index (κ3) is 3.91. The number of nitrogens with two attached hydrogens (primary N) is 1. The Morgan fingerprint density at radius 3 is 3.07 bits per heavy atom. The van der Waals surface area contributed by atoms with Crippen LogP contribution in [-0.2, 0) is 16.8 Å². The SMILES string of the molecule is CC1(c2cc(NC(=O)C3C=NN4C=CC=NC34)n(CC=CC(C=N)CN)n2)CC1. The van der Waals surface area contributed by atoms with Gasteiger partial charge < -0.3 is 16.5 Å². The van der Waals surface area contributed by atoms with Crippen molar-refractivity contribution in [1.29, 1.82) is 5.41 Å². The van der Waals surface area contributed by atoms with Crippen LogP contribution in [0.25, 0.3) is 0 Å². The maximum atomic E-state index is 12.9. The Labute approximate surface area is 169 Å². The first-order valence-electron chi connectivity index (χ1n) is 9.83. The molecule has 9 heteroatoms. The largest absolute Gasteiger partial charge is 0.330 e. The Morgan fingerprint density at radius 1 is 1.52 bits per heavy atom. The summed E-state index contributed by atoms with van der Waals surface area (Å²) in [5, 5.41) is 21.1. The van der Waals surface area contributed by atoms with E-state index in [-0.39, 0.29) is 23.4 Å². The van der Waals surface area contributed by atoms with E-state index in [1.165, 1.54) is 6.21 Å². The number of hydrogen-bond acceptors (Lipinski definition) is 7. The van der Waals surface area contributed by atoms with Gasteiger partial charge in [0.15, 0.2) is 6.17 Å². The van der Waals surface area contributed by atoms with Crippen LogP contribution in [0.15, 0.2) is 40.6 Å². The van der Waals surface area contributed by atoms with Crippen molar-refractivity contribution in [2.24, 2.45) is 27.7 Å². The number of hydrazone groups is 1. The molecule has 3 unspecified atom stereocenters. The van der Waals surface area contributed by atoms with Crippen LogP contribution in [0.5, 0.6) is 0 Å². The van der Waals surface area contributed by atoms with Gasteiger partial charge in [-0.1, -0.05) is 19.1 Å². The second-order valence-electron chi connectivity index (χ2n) is 7.86. The molecular weight excluding hydrogens is 368 g/mol. The van der Waals surface area contributed by atoms with Gasteiger partial charge in [-0.3, -0.25) is 9.79 Å². The Kier molecular flexibility index (Phi) is 5.14. The number of carbonyl (C=O) groups is 1. The number of amides is 1. The number of hydrogen-bond donors (Lipinski definition) is 3. The summed E-state index contributed by atoms with van der Waals surface area (Å²) in [6.07, 6.45) is 13.9. The lowest BCUT2D eigenvalue weighted by molar-refractivity contribution is -0.118. The summed E-state index contributed by atoms with van der Waals surface area (Å²) in [6, 6.07) is 1.96. The molecule has 1 fully saturated rings. The van der Waals surface area contributed by atoms with Crippen LogP contribution < -0.4 is 11.1 Å². The third-order valence-corrected chi connectivity index (χ3v) is 5.62. The highest BCUT2D eigenvalue weighted by molar-refractivity contribution is 6.03. The molecule has 9 nitrogen and oxygen atoms in total. The zero-order chi connectivity index (χ0) is 20.4. The van der Waals surface area contributed by atoms with E-state index in [4.69, 9.17) is 16.2 Å². The van der Waals surface area contributed by atoms with E-state index in [1.807, 2.05) is 18.2 Å². The summed E-state index contributed by atoms with van der Waals surface area (Å²) >= 11 is 0. The second-order valence-corrected chi connectivity index (χ2v) is 7.86. The first-order chi connectivity index (χ1) is 14.0. The van der Waals surface area contributed by atoms with Crippen LogP contribution in [0.4, 0.5) is 5.82 Å². The number of carbonyl (C=O) groups excluding carboxylic acids is 1. The maximum Gasteiger partial charge on any atom is 0.238 e. The standard InChI is InChI=1S/C20H26N8O/c1-20(5-6-20)16-10-17(27(26-16)8-2-4-14(11-21)12-22)25-19(29)15-13-24-28-9-3-7-23-18(15)28/h2-4,7,9-11,13-15,18,21H,5-6,8,12,22H2,1H3,(H,25,29). The summed E-state index contributed by atoms with van der Waals surface area (Å²) in [4.78, 5) is 17.3. The molecule has 0 bridgehead atoms. The highest BCUT2D eigenvalue weighted by Gasteiger charge is 2.42. The minimum Gasteiger partial charge on any atom is -0.330 e. The molecule has 1 saturated carbocycles. The molecule has 3 atom stereocenters. The molecule has 4 N–H and O–H groups in total. The van der Waals surface area contributed by atoms with Crippen molar-refractivity contribution in [3.8, 4) is 0 Å². The van der Waals surface area contributed by atoms with Crippen LogP contribution in [0.1, 0.15) is 25.5 Å². The van der Waals surface area contributed by atoms with Gasteiger partial charge in [-0.2, -0.15) is 10.2 Å². The van der Waals surface area contributed by atoms with Crippen LogP contribution in [0.2, 0.25) is 0 Å². The number of allylic oxidation sites excluding steroid dienone is 2. The Bertz CT molecular complexity index is 908. The topological polar surface area (TPSA) is 125 Å². The summed E-state index contributed by atoms with van der Waals surface area (Å²) in [6.45, 7) is 3.07. The van der Waals surface area contributed by atoms with Crippen molar-refractivity contribution in [3.63, 3.8) is 0 Å². The summed E-state index contributed by atoms with van der Waals surface area (Å²) in [7, 11) is 0. The number of aromatic nitrogens is 2. The average molecular weight is 394 g/mol. The van der Waals surface area contributed by atoms with Crippen LogP contribution in [-0.4, -0.2) is 52.1 Å². The van der Waals surface area contributed by atoms with E-state index in [0.717, 1.165) is 18.5 Å². The van der Waals surface area contributed by atoms with E-state index in [9.17, 15) is 4.79 Å². The molecule has 1 aliphatic carbocycles. The molecule has 2 aliphatic heterocycles. The number of nitrogens with zero attached hydrogens (tertiary/aromatic N) is 5. The monoisotopic (exact) mass is 394 g/mol. The third-order valence-electron chi connectivity index (χ3n) is 5.62. The molecular formula is C20H26N8O. The average Bonchev–Trinajstić information content (AvgIpc) is 3.16. The van der Waals surface area contributed by atoms with Gasteiger partial charge in [-0.25, -0.2) is 9.69 Å². The molecule has 1 aromatic heterocycles. The summed E-state index contributed by atoms with van der Waals surface area (Å²) in [5.74, 6) is -0.0636. The molecule has 3 aliphatic rings. The first kappa shape index (κ1) is 19.3. The van der Waals surface area contributed by atoms with E-state index in [1.54, 1.807) is 34.4 Å². The first-order valence-corrected chi connectivity index (χ1v) is 9.83. The number of nitrogens with one attached hydrogen (secondary N) is 2. The van der Waals surface area contributed by atoms with Gasteiger partial charge in [-0.15, -0.1) is 0 Å². The summed E-state index contributed by atoms with van der Waals surface area (Å²) < 4.78 is 1.79. The van der Waals surface area contributed by atoms with Crippen molar-refractivity contribution in [3.05, 3.63) is 36.2 Å². The fraction of sp³-hybridized carbons (Fsp3) is 0.450. The smallest absolute Gasteiger partial charge is 0.238 e. The minimum absolute atomic E-state index is 0.0905. The number of anilines is 1. The van der Waals surface area contributed by atoms with Crippen molar-refractivity contribution in [2.75, 3.05) is 11.9 Å². The van der Waals surface area contributed by atoms with E-state index >= 15 is 0 Å². The fourth-order valence-electron chi connectivity index (χ4n) is 3.36. The van der Waals surface area contributed by atoms with Crippen molar-refractivity contribution < 1.29 is 4.79 Å². The fourth-order valence-corrected chi connectivity index (χ4v) is 3.36. The van der Waals surface area contributed by atoms with Gasteiger partial charge in [0.1, 0.15) is 11.7 Å². The minimum atomic E-state index is -0.463. The summed E-state index contributed by atoms with van der Waals surface area (Å²) in [5.41, 5.74) is 6.72. The molecule has 0 radical (unpaired) electrons. The lowest BCUT2D eigenvalue weighted by atomic mass is 10.1. The van der Waals surface area contributed by atoms with Gasteiger partial charge in [0.25, 0.3) is 0 Å². The molecule has 29 heavy (non-hydrogen) atoms. The predicted octanol–water partition coefficient (Wildman–Crippen LogP) is 1.50.